The largest absolute Gasteiger partial charge is 0.370 e. The van der Waals surface area contributed by atoms with Crippen molar-refractivity contribution in [2.24, 2.45) is 16.6 Å². The molecule has 2 aromatic rings. The molecule has 1 saturated heterocycles. The van der Waals surface area contributed by atoms with Crippen LogP contribution in [0.5, 0.6) is 0 Å². The van der Waals surface area contributed by atoms with Crippen LogP contribution in [0.4, 0.5) is 0 Å². The molecule has 1 fully saturated rings. The van der Waals surface area contributed by atoms with Crippen molar-refractivity contribution in [2.75, 3.05) is 19.6 Å². The number of nitrogens with two attached hydrogens (primary N) is 1. The van der Waals surface area contributed by atoms with Crippen LogP contribution < -0.4 is 5.73 Å². The molecule has 21 heavy (non-hydrogen) atoms. The zero-order valence-corrected chi connectivity index (χ0v) is 12.4. The van der Waals surface area contributed by atoms with Gasteiger partial charge in [-0.25, -0.2) is 0 Å². The predicted molar refractivity (Wildman–Crippen MR) is 83.2 cm³/mol. The first-order valence-corrected chi connectivity index (χ1v) is 7.57. The lowest BCUT2D eigenvalue weighted by atomic mass is 10.0. The van der Waals surface area contributed by atoms with Gasteiger partial charge >= 0.3 is 0 Å². The van der Waals surface area contributed by atoms with Crippen LogP contribution in [0.2, 0.25) is 0 Å². The number of aliphatic imine (C=N–C) groups is 1. The highest BCUT2D eigenvalue weighted by Gasteiger charge is 2.17. The van der Waals surface area contributed by atoms with Crippen LogP contribution in [0, 0.1) is 5.92 Å². The summed E-state index contributed by atoms with van der Waals surface area (Å²) in [6.07, 6.45) is 5.21. The fourth-order valence-corrected chi connectivity index (χ4v) is 2.83. The van der Waals surface area contributed by atoms with Crippen LogP contribution in [0.3, 0.4) is 0 Å². The number of aromatic nitrogens is 3. The van der Waals surface area contributed by atoms with Crippen LogP contribution in [0.15, 0.2) is 29.4 Å². The van der Waals surface area contributed by atoms with Crippen molar-refractivity contribution in [1.29, 1.82) is 0 Å². The summed E-state index contributed by atoms with van der Waals surface area (Å²) in [6.45, 7) is 4.95. The number of rotatable bonds is 3. The Kier molecular flexibility index (Phi) is 4.03. The highest BCUT2D eigenvalue weighted by molar-refractivity contribution is 5.78. The Labute approximate surface area is 124 Å². The van der Waals surface area contributed by atoms with Gasteiger partial charge in [0, 0.05) is 32.3 Å². The van der Waals surface area contributed by atoms with Crippen molar-refractivity contribution in [3.63, 3.8) is 0 Å². The molecular formula is C15H22N6. The van der Waals surface area contributed by atoms with Gasteiger partial charge in [-0.05, 0) is 30.9 Å². The number of guanidine groups is 1. The summed E-state index contributed by atoms with van der Waals surface area (Å²) in [5, 5.41) is 8.35. The minimum Gasteiger partial charge on any atom is -0.370 e. The van der Waals surface area contributed by atoms with E-state index in [1.54, 1.807) is 0 Å². The summed E-state index contributed by atoms with van der Waals surface area (Å²) in [4.78, 5) is 6.69. The first-order chi connectivity index (χ1) is 10.2. The maximum atomic E-state index is 6.10. The lowest BCUT2D eigenvalue weighted by molar-refractivity contribution is 0.270. The molecule has 0 spiro atoms. The van der Waals surface area contributed by atoms with Gasteiger partial charge in [0.1, 0.15) is 5.82 Å². The van der Waals surface area contributed by atoms with E-state index in [1.807, 2.05) is 28.8 Å². The van der Waals surface area contributed by atoms with Crippen molar-refractivity contribution in [3.05, 3.63) is 30.2 Å². The highest BCUT2D eigenvalue weighted by atomic mass is 15.3. The molecule has 0 aromatic carbocycles. The van der Waals surface area contributed by atoms with Crippen LogP contribution >= 0.6 is 0 Å². The van der Waals surface area contributed by atoms with E-state index in [0.29, 0.717) is 18.4 Å². The van der Waals surface area contributed by atoms with Crippen molar-refractivity contribution >= 4 is 11.6 Å². The van der Waals surface area contributed by atoms with Crippen molar-refractivity contribution in [1.82, 2.24) is 19.5 Å². The Hall–Kier alpha value is -2.11. The van der Waals surface area contributed by atoms with Crippen LogP contribution in [0.25, 0.3) is 5.65 Å². The molecule has 2 aromatic heterocycles. The standard InChI is InChI=1S/C15H22N6/c1-12-5-4-9-20(11-12)15(16)17-8-7-14-19-18-13-6-2-3-10-21(13)14/h2-3,6,10,12H,4-5,7-9,11H2,1H3,(H2,16,17). The lowest BCUT2D eigenvalue weighted by Gasteiger charge is -2.31. The fraction of sp³-hybridized carbons (Fsp3) is 0.533. The molecular weight excluding hydrogens is 264 g/mol. The molecule has 2 N–H and O–H groups in total. The van der Waals surface area contributed by atoms with Crippen LogP contribution in [-0.4, -0.2) is 45.1 Å². The molecule has 3 rings (SSSR count). The number of nitrogens with zero attached hydrogens (tertiary/aromatic N) is 5. The second kappa shape index (κ2) is 6.11. The second-order valence-electron chi connectivity index (χ2n) is 5.73. The fourth-order valence-electron chi connectivity index (χ4n) is 2.83. The SMILES string of the molecule is CC1CCCN(C(N)=NCCc2nnc3ccccn23)C1. The topological polar surface area (TPSA) is 71.8 Å². The van der Waals surface area contributed by atoms with E-state index in [2.05, 4.69) is 27.0 Å². The van der Waals surface area contributed by atoms with Gasteiger partial charge in [0.15, 0.2) is 11.6 Å². The zero-order valence-electron chi connectivity index (χ0n) is 12.4. The second-order valence-corrected chi connectivity index (χ2v) is 5.73. The number of fused-ring (bicyclic) bond motifs is 1. The molecule has 6 nitrogen and oxygen atoms in total. The summed E-state index contributed by atoms with van der Waals surface area (Å²) in [5.74, 6) is 2.29. The Morgan fingerprint density at radius 3 is 3.19 bits per heavy atom. The first-order valence-electron chi connectivity index (χ1n) is 7.57. The molecule has 1 atom stereocenters. The maximum Gasteiger partial charge on any atom is 0.191 e. The molecule has 0 saturated carbocycles. The molecule has 112 valence electrons. The Balaban J connectivity index is 1.61. The van der Waals surface area contributed by atoms with E-state index in [1.165, 1.54) is 12.8 Å². The van der Waals surface area contributed by atoms with Gasteiger partial charge in [-0.15, -0.1) is 10.2 Å². The quantitative estimate of drug-likeness (QED) is 0.682. The van der Waals surface area contributed by atoms with Crippen molar-refractivity contribution in [3.8, 4) is 0 Å². The van der Waals surface area contributed by atoms with Crippen molar-refractivity contribution in [2.45, 2.75) is 26.2 Å². The summed E-state index contributed by atoms with van der Waals surface area (Å²) < 4.78 is 1.99. The number of likely N-dealkylation sites (tertiary alicyclic amines) is 1. The average molecular weight is 286 g/mol. The highest BCUT2D eigenvalue weighted by Crippen LogP contribution is 2.14. The van der Waals surface area contributed by atoms with Gasteiger partial charge in [0.25, 0.3) is 0 Å². The normalized spacial score (nSPS) is 20.1. The lowest BCUT2D eigenvalue weighted by Crippen LogP contribution is -2.43. The van der Waals surface area contributed by atoms with Gasteiger partial charge in [-0.2, -0.15) is 0 Å². The number of piperidine rings is 1. The summed E-state index contributed by atoms with van der Waals surface area (Å²) in [6, 6.07) is 5.89. The molecule has 0 radical (unpaired) electrons. The number of hydrogen-bond acceptors (Lipinski definition) is 3. The van der Waals surface area contributed by atoms with Gasteiger partial charge in [0.05, 0.1) is 0 Å². The third kappa shape index (κ3) is 3.15. The first kappa shape index (κ1) is 13.9. The van der Waals surface area contributed by atoms with E-state index in [9.17, 15) is 0 Å². The van der Waals surface area contributed by atoms with E-state index in [-0.39, 0.29) is 0 Å². The van der Waals surface area contributed by atoms with E-state index >= 15 is 0 Å². The van der Waals surface area contributed by atoms with Crippen LogP contribution in [0.1, 0.15) is 25.6 Å². The zero-order chi connectivity index (χ0) is 14.7. The summed E-state index contributed by atoms with van der Waals surface area (Å²) >= 11 is 0. The molecule has 0 aliphatic carbocycles. The third-order valence-corrected chi connectivity index (χ3v) is 3.97. The Morgan fingerprint density at radius 1 is 1.43 bits per heavy atom. The molecule has 1 aliphatic rings. The molecule has 0 amide bonds. The van der Waals surface area contributed by atoms with E-state index in [4.69, 9.17) is 5.73 Å². The smallest absolute Gasteiger partial charge is 0.191 e. The number of pyridine rings is 1. The van der Waals surface area contributed by atoms with Crippen LogP contribution in [-0.2, 0) is 6.42 Å². The minimum atomic E-state index is 0.645. The molecule has 0 bridgehead atoms. The number of hydrogen-bond donors (Lipinski definition) is 1. The van der Waals surface area contributed by atoms with Gasteiger partial charge in [0.2, 0.25) is 0 Å². The molecule has 1 unspecified atom stereocenters. The van der Waals surface area contributed by atoms with Crippen molar-refractivity contribution < 1.29 is 0 Å². The van der Waals surface area contributed by atoms with Gasteiger partial charge in [-0.1, -0.05) is 13.0 Å². The molecule has 1 aliphatic heterocycles. The predicted octanol–water partition coefficient (Wildman–Crippen LogP) is 1.32. The van der Waals surface area contributed by atoms with E-state index < -0.39 is 0 Å². The van der Waals surface area contributed by atoms with Gasteiger partial charge in [-0.3, -0.25) is 9.39 Å². The molecule has 3 heterocycles. The van der Waals surface area contributed by atoms with Gasteiger partial charge < -0.3 is 10.6 Å². The third-order valence-electron chi connectivity index (χ3n) is 3.97. The minimum absolute atomic E-state index is 0.645. The maximum absolute atomic E-state index is 6.10. The summed E-state index contributed by atoms with van der Waals surface area (Å²) in [7, 11) is 0. The Bertz CT molecular complexity index is 632. The summed E-state index contributed by atoms with van der Waals surface area (Å²) in [5.41, 5.74) is 6.97. The Morgan fingerprint density at radius 2 is 2.33 bits per heavy atom. The monoisotopic (exact) mass is 286 g/mol. The molecule has 6 heteroatoms. The van der Waals surface area contributed by atoms with E-state index in [0.717, 1.165) is 31.0 Å². The average Bonchev–Trinajstić information content (AvgIpc) is 2.91.